The third-order valence-electron chi connectivity index (χ3n) is 0. The summed E-state index contributed by atoms with van der Waals surface area (Å²) in [7, 11) is 0. The van der Waals surface area contributed by atoms with Gasteiger partial charge >= 0.3 is 19.5 Å². The molecule has 0 aliphatic heterocycles. The second-order valence-corrected chi connectivity index (χ2v) is 0. The average Bonchev–Trinajstić information content (AvgIpc) is 1.50. The van der Waals surface area contributed by atoms with Crippen molar-refractivity contribution < 1.29 is 29.1 Å². The zero-order valence-corrected chi connectivity index (χ0v) is 8.31. The molecule has 2 atom stereocenters. The first-order chi connectivity index (χ1) is 2.00. The Morgan fingerprint density at radius 2 is 0.714 bits per heavy atom. The van der Waals surface area contributed by atoms with Crippen molar-refractivity contribution in [2.45, 2.75) is 0 Å². The van der Waals surface area contributed by atoms with E-state index in [4.69, 9.17) is 9.59 Å². The second-order valence-electron chi connectivity index (χ2n) is 0. The Morgan fingerprint density at radius 3 is 0.714 bits per heavy atom. The number of hydrogen-bond acceptors (Lipinski definition) is 2. The summed E-state index contributed by atoms with van der Waals surface area (Å²) in [5.41, 5.74) is 0. The molecule has 5 heteroatoms. The van der Waals surface area contributed by atoms with E-state index in [0.29, 0.717) is 0 Å². The van der Waals surface area contributed by atoms with Crippen molar-refractivity contribution in [2.24, 2.45) is 0 Å². The summed E-state index contributed by atoms with van der Waals surface area (Å²) < 4.78 is 0. The quantitative estimate of drug-likeness (QED) is 0.238. The van der Waals surface area contributed by atoms with Crippen molar-refractivity contribution in [2.75, 3.05) is 0 Å². The zero-order valence-electron chi connectivity index (χ0n) is 3.74. The van der Waals surface area contributed by atoms with Gasteiger partial charge in [0, 0.05) is 0 Å². The fourth-order valence-corrected chi connectivity index (χ4v) is 0. The van der Waals surface area contributed by atoms with Gasteiger partial charge in [0.25, 0.3) is 0 Å². The van der Waals surface area contributed by atoms with E-state index < -0.39 is 0 Å². The zero-order chi connectivity index (χ0) is 4.00. The van der Waals surface area contributed by atoms with Crippen LogP contribution in [0.3, 0.4) is 0 Å². The van der Waals surface area contributed by atoms with Gasteiger partial charge in [-0.25, -0.2) is 0 Å². The molecule has 2 nitrogen and oxygen atoms in total. The minimum absolute atomic E-state index is 0. The van der Waals surface area contributed by atoms with Gasteiger partial charge in [-0.2, -0.15) is 19.8 Å². The van der Waals surface area contributed by atoms with Gasteiger partial charge in [-0.3, -0.25) is 13.6 Å². The first kappa shape index (κ1) is 45.7. The first-order valence-electron chi connectivity index (χ1n) is 0.471. The Kier molecular flexibility index (Phi) is 2230. The molecule has 0 aliphatic carbocycles. The number of carbonyl (C=O) groups excluding carboxylic acids is 2. The summed E-state index contributed by atoms with van der Waals surface area (Å²) in [5.74, 6) is 0. The van der Waals surface area contributed by atoms with Crippen molar-refractivity contribution in [3.05, 3.63) is 0 Å². The van der Waals surface area contributed by atoms with Crippen LogP contribution in [-0.4, -0.2) is 13.6 Å². The molecule has 0 aliphatic rings. The summed E-state index contributed by atoms with van der Waals surface area (Å²) in [6.07, 6.45) is 0. The van der Waals surface area contributed by atoms with Crippen LogP contribution < -0.4 is 0 Å². The molecular weight excluding hydrogens is 221 g/mol. The number of hydrogen-bond donors (Lipinski definition) is 0. The van der Waals surface area contributed by atoms with Crippen molar-refractivity contribution in [3.8, 4) is 0 Å². The third kappa shape index (κ3) is 234. The van der Waals surface area contributed by atoms with E-state index >= 15 is 0 Å². The minimum atomic E-state index is 0. The van der Waals surface area contributed by atoms with Gasteiger partial charge in [0.2, 0.25) is 0 Å². The van der Waals surface area contributed by atoms with Gasteiger partial charge in [-0.1, -0.05) is 0 Å². The predicted molar refractivity (Wildman–Crippen MR) is 37.1 cm³/mol. The van der Waals surface area contributed by atoms with Crippen molar-refractivity contribution in [3.63, 3.8) is 0 Å². The molecule has 0 spiro atoms. The van der Waals surface area contributed by atoms with Gasteiger partial charge in [-0.05, 0) is 0 Å². The van der Waals surface area contributed by atoms with Gasteiger partial charge < -0.3 is 9.59 Å². The molecule has 0 bridgehead atoms. The Bertz CT molecular complexity index is 15.7. The van der Waals surface area contributed by atoms with E-state index in [1.54, 1.807) is 0 Å². The summed E-state index contributed by atoms with van der Waals surface area (Å²) in [6, 6.07) is 0. The Hall–Kier alpha value is 0.823. The SMILES string of the molecule is P.P.[CH-]=O.[CH-]=O.[RhH+2]. The van der Waals surface area contributed by atoms with E-state index in [1.807, 2.05) is 0 Å². The molecule has 7 heavy (non-hydrogen) atoms. The van der Waals surface area contributed by atoms with Crippen LogP contribution in [0.25, 0.3) is 0 Å². The third-order valence-corrected chi connectivity index (χ3v) is 0. The molecule has 0 saturated heterocycles. The predicted octanol–water partition coefficient (Wildman–Crippen LogP) is -0.702. The van der Waals surface area contributed by atoms with Crippen molar-refractivity contribution >= 4 is 33.4 Å². The number of rotatable bonds is 0. The van der Waals surface area contributed by atoms with Crippen LogP contribution in [0.2, 0.25) is 0 Å². The molecule has 0 fully saturated rings. The molecule has 0 saturated carbocycles. The molecule has 48 valence electrons. The Morgan fingerprint density at radius 1 is 0.714 bits per heavy atom. The van der Waals surface area contributed by atoms with Gasteiger partial charge in [0.15, 0.2) is 0 Å². The molecule has 1 radical (unpaired) electrons. The Labute approximate surface area is 62.8 Å². The van der Waals surface area contributed by atoms with Crippen molar-refractivity contribution in [1.82, 2.24) is 0 Å². The molecule has 0 aromatic carbocycles. The van der Waals surface area contributed by atoms with Crippen LogP contribution in [0, 0.1) is 0 Å². The second kappa shape index (κ2) is 341. The van der Waals surface area contributed by atoms with E-state index in [1.165, 1.54) is 0 Å². The molecule has 0 heterocycles. The van der Waals surface area contributed by atoms with Crippen LogP contribution >= 0.6 is 19.8 Å². The standard InChI is InChI=1S/2CHO.2H3P.Rh.H/c2*1-2;;;;/h2*1H;2*1H3;;/q2*-1;;;+2;. The molecular formula is C2H9O2P2Rh. The molecule has 0 N–H and O–H groups in total. The molecule has 0 amide bonds. The average molecular weight is 230 g/mol. The summed E-state index contributed by atoms with van der Waals surface area (Å²) in [6.45, 7) is 6.50. The van der Waals surface area contributed by atoms with Gasteiger partial charge in [-0.15, -0.1) is 0 Å². The van der Waals surface area contributed by atoms with Crippen molar-refractivity contribution in [1.29, 1.82) is 0 Å². The van der Waals surface area contributed by atoms with Crippen LogP contribution in [0.1, 0.15) is 0 Å². The van der Waals surface area contributed by atoms with Crippen LogP contribution in [0.15, 0.2) is 0 Å². The fourth-order valence-electron chi connectivity index (χ4n) is 0. The molecule has 0 aromatic heterocycles. The van der Waals surface area contributed by atoms with E-state index in [2.05, 4.69) is 13.6 Å². The van der Waals surface area contributed by atoms with E-state index in [0.717, 1.165) is 0 Å². The molecule has 0 aromatic rings. The van der Waals surface area contributed by atoms with Crippen LogP contribution in [0.4, 0.5) is 0 Å². The molecule has 2 unspecified atom stereocenters. The van der Waals surface area contributed by atoms with Crippen LogP contribution in [-0.2, 0) is 29.1 Å². The van der Waals surface area contributed by atoms with E-state index in [9.17, 15) is 0 Å². The van der Waals surface area contributed by atoms with Crippen LogP contribution in [0.5, 0.6) is 0 Å². The Balaban J connectivity index is -0.00000000267. The summed E-state index contributed by atoms with van der Waals surface area (Å²) in [5, 5.41) is 0. The van der Waals surface area contributed by atoms with Gasteiger partial charge in [0.05, 0.1) is 0 Å². The van der Waals surface area contributed by atoms with E-state index in [-0.39, 0.29) is 39.3 Å². The summed E-state index contributed by atoms with van der Waals surface area (Å²) in [4.78, 5) is 15.5. The maximum absolute atomic E-state index is 7.75. The normalized spacial score (nSPS) is 1.14. The fraction of sp³-hybridized carbons (Fsp3) is 0. The molecule has 0 rings (SSSR count). The summed E-state index contributed by atoms with van der Waals surface area (Å²) >= 11 is 0. The monoisotopic (exact) mass is 230 g/mol. The van der Waals surface area contributed by atoms with Gasteiger partial charge in [0.1, 0.15) is 0 Å². The maximum atomic E-state index is 7.75. The topological polar surface area (TPSA) is 34.1 Å². The first-order valence-corrected chi connectivity index (χ1v) is 0.471.